The Kier molecular flexibility index (Phi) is 4.77. The number of hydrogen-bond acceptors (Lipinski definition) is 2. The van der Waals surface area contributed by atoms with E-state index >= 15 is 0 Å². The maximum Gasteiger partial charge on any atom is 0.0783 e. The zero-order valence-electron chi connectivity index (χ0n) is 9.26. The number of halogens is 1. The van der Waals surface area contributed by atoms with Crippen molar-refractivity contribution in [3.8, 4) is 0 Å². The molecule has 1 rings (SSSR count). The molecule has 0 aliphatic heterocycles. The van der Waals surface area contributed by atoms with Gasteiger partial charge in [0.25, 0.3) is 0 Å². The summed E-state index contributed by atoms with van der Waals surface area (Å²) in [6.07, 6.45) is 0.674. The molecule has 0 aromatic heterocycles. The second-order valence-electron chi connectivity index (χ2n) is 4.08. The van der Waals surface area contributed by atoms with Gasteiger partial charge in [-0.3, -0.25) is 0 Å². The number of likely N-dealkylation sites (N-methyl/N-ethyl adjacent to an activating group) is 1. The number of rotatable bonds is 5. The second-order valence-corrected chi connectivity index (χ2v) is 5.00. The molecule has 1 atom stereocenters. The summed E-state index contributed by atoms with van der Waals surface area (Å²) in [5, 5.41) is 13.3. The van der Waals surface area contributed by atoms with Crippen molar-refractivity contribution in [2.45, 2.75) is 25.9 Å². The Bertz CT molecular complexity index is 295. The fraction of sp³-hybridized carbons (Fsp3) is 0.500. The van der Waals surface area contributed by atoms with Crippen molar-refractivity contribution in [1.29, 1.82) is 0 Å². The first-order chi connectivity index (χ1) is 7.03. The molecule has 1 aromatic carbocycles. The maximum absolute atomic E-state index is 10.1. The Hall–Kier alpha value is -0.380. The molecule has 0 bridgehead atoms. The number of benzene rings is 1. The first-order valence-electron chi connectivity index (χ1n) is 5.21. The van der Waals surface area contributed by atoms with Gasteiger partial charge in [-0.25, -0.2) is 0 Å². The van der Waals surface area contributed by atoms with E-state index in [9.17, 15) is 5.11 Å². The molecule has 1 aromatic rings. The fourth-order valence-electron chi connectivity index (χ4n) is 1.50. The maximum atomic E-state index is 10.1. The third-order valence-corrected chi connectivity index (χ3v) is 2.78. The smallest absolute Gasteiger partial charge is 0.0783 e. The Labute approximate surface area is 99.8 Å². The van der Waals surface area contributed by atoms with Crippen LogP contribution in [-0.4, -0.2) is 23.8 Å². The highest BCUT2D eigenvalue weighted by Gasteiger charge is 2.19. The highest BCUT2D eigenvalue weighted by atomic mass is 79.9. The van der Waals surface area contributed by atoms with Crippen molar-refractivity contribution in [2.75, 3.05) is 13.1 Å². The third kappa shape index (κ3) is 4.78. The van der Waals surface area contributed by atoms with E-state index < -0.39 is 5.60 Å². The summed E-state index contributed by atoms with van der Waals surface area (Å²) in [7, 11) is 0. The van der Waals surface area contributed by atoms with Gasteiger partial charge in [-0.1, -0.05) is 35.0 Å². The van der Waals surface area contributed by atoms with Crippen LogP contribution in [0.5, 0.6) is 0 Å². The lowest BCUT2D eigenvalue weighted by Gasteiger charge is -2.23. The van der Waals surface area contributed by atoms with Crippen molar-refractivity contribution in [3.05, 3.63) is 34.3 Å². The zero-order chi connectivity index (χ0) is 11.3. The van der Waals surface area contributed by atoms with Crippen molar-refractivity contribution in [3.63, 3.8) is 0 Å². The topological polar surface area (TPSA) is 32.3 Å². The van der Waals surface area contributed by atoms with Crippen LogP contribution in [0.25, 0.3) is 0 Å². The van der Waals surface area contributed by atoms with Crippen LogP contribution in [0.2, 0.25) is 0 Å². The second kappa shape index (κ2) is 5.64. The monoisotopic (exact) mass is 271 g/mol. The van der Waals surface area contributed by atoms with E-state index in [1.807, 2.05) is 38.1 Å². The Morgan fingerprint density at radius 3 is 2.47 bits per heavy atom. The molecule has 2 nitrogen and oxygen atoms in total. The molecule has 84 valence electrons. The summed E-state index contributed by atoms with van der Waals surface area (Å²) in [5.41, 5.74) is 0.477. The molecular formula is C12H18BrNO. The van der Waals surface area contributed by atoms with Gasteiger partial charge < -0.3 is 10.4 Å². The summed E-state index contributed by atoms with van der Waals surface area (Å²) in [6, 6.07) is 8.06. The third-order valence-electron chi connectivity index (χ3n) is 2.25. The molecule has 0 spiro atoms. The van der Waals surface area contributed by atoms with Crippen LogP contribution in [0.4, 0.5) is 0 Å². The van der Waals surface area contributed by atoms with Crippen molar-refractivity contribution < 1.29 is 5.11 Å². The zero-order valence-corrected chi connectivity index (χ0v) is 10.8. The molecule has 0 saturated heterocycles. The van der Waals surface area contributed by atoms with E-state index in [0.29, 0.717) is 13.0 Å². The standard InChI is InChI=1S/C12H18BrNO/c1-3-14-9-12(2,15)8-10-4-6-11(13)7-5-10/h4-7,14-15H,3,8-9H2,1-2H3. The molecule has 0 saturated carbocycles. The van der Waals surface area contributed by atoms with Gasteiger partial charge in [-0.2, -0.15) is 0 Å². The predicted molar refractivity (Wildman–Crippen MR) is 67.0 cm³/mol. The normalized spacial score (nSPS) is 14.9. The first kappa shape index (κ1) is 12.7. The average molecular weight is 272 g/mol. The van der Waals surface area contributed by atoms with Gasteiger partial charge in [0, 0.05) is 17.4 Å². The molecule has 15 heavy (non-hydrogen) atoms. The van der Waals surface area contributed by atoms with Crippen LogP contribution in [0.3, 0.4) is 0 Å². The van der Waals surface area contributed by atoms with Crippen molar-refractivity contribution in [1.82, 2.24) is 5.32 Å². The molecule has 0 aliphatic carbocycles. The van der Waals surface area contributed by atoms with Gasteiger partial charge in [0.1, 0.15) is 0 Å². The van der Waals surface area contributed by atoms with Crippen LogP contribution in [-0.2, 0) is 6.42 Å². The highest BCUT2D eigenvalue weighted by molar-refractivity contribution is 9.10. The van der Waals surface area contributed by atoms with Gasteiger partial charge in [0.15, 0.2) is 0 Å². The first-order valence-corrected chi connectivity index (χ1v) is 6.00. The molecular weight excluding hydrogens is 254 g/mol. The van der Waals surface area contributed by atoms with Gasteiger partial charge in [0.05, 0.1) is 5.60 Å². The summed E-state index contributed by atoms with van der Waals surface area (Å²) in [4.78, 5) is 0. The lowest BCUT2D eigenvalue weighted by molar-refractivity contribution is 0.0607. The molecule has 2 N–H and O–H groups in total. The minimum absolute atomic E-state index is 0.625. The fourth-order valence-corrected chi connectivity index (χ4v) is 1.76. The molecule has 0 fully saturated rings. The van der Waals surface area contributed by atoms with E-state index in [0.717, 1.165) is 16.6 Å². The number of hydrogen-bond donors (Lipinski definition) is 2. The van der Waals surface area contributed by atoms with E-state index in [1.54, 1.807) is 0 Å². The summed E-state index contributed by atoms with van der Waals surface area (Å²) < 4.78 is 1.07. The molecule has 1 unspecified atom stereocenters. The van der Waals surface area contributed by atoms with Gasteiger partial charge >= 0.3 is 0 Å². The summed E-state index contributed by atoms with van der Waals surface area (Å²) in [5.74, 6) is 0. The number of nitrogens with one attached hydrogen (secondary N) is 1. The summed E-state index contributed by atoms with van der Waals surface area (Å²) >= 11 is 3.39. The quantitative estimate of drug-likeness (QED) is 0.862. The molecule has 3 heteroatoms. The van der Waals surface area contributed by atoms with E-state index in [-0.39, 0.29) is 0 Å². The lowest BCUT2D eigenvalue weighted by Crippen LogP contribution is -2.39. The summed E-state index contributed by atoms with van der Waals surface area (Å²) in [6.45, 7) is 5.41. The van der Waals surface area contributed by atoms with Crippen LogP contribution in [0.15, 0.2) is 28.7 Å². The minimum Gasteiger partial charge on any atom is -0.389 e. The average Bonchev–Trinajstić information content (AvgIpc) is 2.18. The largest absolute Gasteiger partial charge is 0.389 e. The lowest BCUT2D eigenvalue weighted by atomic mass is 9.96. The highest BCUT2D eigenvalue weighted by Crippen LogP contribution is 2.15. The van der Waals surface area contributed by atoms with Crippen LogP contribution < -0.4 is 5.32 Å². The van der Waals surface area contributed by atoms with Crippen molar-refractivity contribution >= 4 is 15.9 Å². The molecule has 0 heterocycles. The Morgan fingerprint density at radius 1 is 1.33 bits per heavy atom. The SMILES string of the molecule is CCNCC(C)(O)Cc1ccc(Br)cc1. The van der Waals surface area contributed by atoms with E-state index in [4.69, 9.17) is 0 Å². The molecule has 0 amide bonds. The van der Waals surface area contributed by atoms with Gasteiger partial charge in [-0.15, -0.1) is 0 Å². The van der Waals surface area contributed by atoms with Gasteiger partial charge in [0.2, 0.25) is 0 Å². The van der Waals surface area contributed by atoms with Crippen LogP contribution in [0.1, 0.15) is 19.4 Å². The van der Waals surface area contributed by atoms with Crippen molar-refractivity contribution in [2.24, 2.45) is 0 Å². The van der Waals surface area contributed by atoms with E-state index in [1.165, 1.54) is 0 Å². The van der Waals surface area contributed by atoms with Crippen LogP contribution >= 0.6 is 15.9 Å². The molecule has 0 radical (unpaired) electrons. The Morgan fingerprint density at radius 2 is 1.93 bits per heavy atom. The van der Waals surface area contributed by atoms with E-state index in [2.05, 4.69) is 21.2 Å². The van der Waals surface area contributed by atoms with Crippen LogP contribution in [0, 0.1) is 0 Å². The molecule has 0 aliphatic rings. The predicted octanol–water partition coefficient (Wildman–Crippen LogP) is 2.35. The van der Waals surface area contributed by atoms with Gasteiger partial charge in [-0.05, 0) is 31.2 Å². The minimum atomic E-state index is -0.677. The Balaban J connectivity index is 2.56. The number of aliphatic hydroxyl groups is 1.